The van der Waals surface area contributed by atoms with E-state index in [1.54, 1.807) is 7.11 Å². The van der Waals surface area contributed by atoms with Crippen LogP contribution in [0, 0.1) is 0 Å². The maximum atomic E-state index is 5.89. The molecule has 0 bridgehead atoms. The second kappa shape index (κ2) is 5.51. The largest absolute Gasteiger partial charge is 0.496 e. The van der Waals surface area contributed by atoms with Crippen molar-refractivity contribution in [3.8, 4) is 5.75 Å². The Labute approximate surface area is 92.2 Å². The fourth-order valence-corrected chi connectivity index (χ4v) is 1.67. The van der Waals surface area contributed by atoms with Gasteiger partial charge in [0, 0.05) is 10.4 Å². The Kier molecular flexibility index (Phi) is 4.60. The van der Waals surface area contributed by atoms with E-state index in [0.29, 0.717) is 0 Å². The van der Waals surface area contributed by atoms with Gasteiger partial charge in [0.15, 0.2) is 0 Å². The topological polar surface area (TPSA) is 9.23 Å². The summed E-state index contributed by atoms with van der Waals surface area (Å²) in [4.78, 5) is 0. The summed E-state index contributed by atoms with van der Waals surface area (Å²) < 4.78 is 5.22. The van der Waals surface area contributed by atoms with Gasteiger partial charge in [0.2, 0.25) is 0 Å². The van der Waals surface area contributed by atoms with Crippen LogP contribution in [0.3, 0.4) is 0 Å². The lowest BCUT2D eigenvalue weighted by atomic mass is 10.1. The summed E-state index contributed by atoms with van der Waals surface area (Å²) in [6.45, 7) is 0. The standard InChI is InChI=1S/C10H12BrClO/c1-13-10-5-4-9(12)7-8(10)3-2-6-11/h4-5,7H,2-3,6H2,1H3. The lowest BCUT2D eigenvalue weighted by Gasteiger charge is -2.07. The van der Waals surface area contributed by atoms with E-state index >= 15 is 0 Å². The van der Waals surface area contributed by atoms with Crippen LogP contribution in [0.4, 0.5) is 0 Å². The number of alkyl halides is 1. The molecule has 0 aliphatic carbocycles. The van der Waals surface area contributed by atoms with Crippen LogP contribution in [0.2, 0.25) is 5.02 Å². The third-order valence-electron chi connectivity index (χ3n) is 1.82. The Morgan fingerprint density at radius 2 is 2.23 bits per heavy atom. The van der Waals surface area contributed by atoms with Crippen LogP contribution in [-0.4, -0.2) is 12.4 Å². The van der Waals surface area contributed by atoms with Crippen LogP contribution >= 0.6 is 27.5 Å². The van der Waals surface area contributed by atoms with Gasteiger partial charge in [0.25, 0.3) is 0 Å². The Balaban J connectivity index is 2.81. The van der Waals surface area contributed by atoms with Crippen molar-refractivity contribution in [1.82, 2.24) is 0 Å². The second-order valence-electron chi connectivity index (χ2n) is 2.75. The number of benzene rings is 1. The van der Waals surface area contributed by atoms with Crippen molar-refractivity contribution in [3.63, 3.8) is 0 Å². The first-order valence-electron chi connectivity index (χ1n) is 4.16. The van der Waals surface area contributed by atoms with Crippen molar-refractivity contribution in [1.29, 1.82) is 0 Å². The number of ether oxygens (including phenoxy) is 1. The maximum Gasteiger partial charge on any atom is 0.122 e. The second-order valence-corrected chi connectivity index (χ2v) is 3.98. The van der Waals surface area contributed by atoms with E-state index in [2.05, 4.69) is 15.9 Å². The normalized spacial score (nSPS) is 10.1. The van der Waals surface area contributed by atoms with Gasteiger partial charge in [-0.2, -0.15) is 0 Å². The Bertz CT molecular complexity index is 276. The van der Waals surface area contributed by atoms with Crippen molar-refractivity contribution in [2.45, 2.75) is 12.8 Å². The molecule has 1 aromatic rings. The molecule has 0 aromatic heterocycles. The third-order valence-corrected chi connectivity index (χ3v) is 2.62. The molecule has 0 heterocycles. The first-order chi connectivity index (χ1) is 6.27. The summed E-state index contributed by atoms with van der Waals surface area (Å²) in [5.74, 6) is 0.922. The quantitative estimate of drug-likeness (QED) is 0.753. The molecule has 0 amide bonds. The van der Waals surface area contributed by atoms with E-state index in [4.69, 9.17) is 16.3 Å². The minimum Gasteiger partial charge on any atom is -0.496 e. The SMILES string of the molecule is COc1ccc(Cl)cc1CCCBr. The van der Waals surface area contributed by atoms with E-state index in [1.807, 2.05) is 18.2 Å². The zero-order valence-corrected chi connectivity index (χ0v) is 9.86. The van der Waals surface area contributed by atoms with Crippen LogP contribution in [-0.2, 0) is 6.42 Å². The summed E-state index contributed by atoms with van der Waals surface area (Å²) >= 11 is 9.28. The number of rotatable bonds is 4. The molecule has 0 aliphatic rings. The summed E-state index contributed by atoms with van der Waals surface area (Å²) in [6.07, 6.45) is 2.09. The molecule has 0 N–H and O–H groups in total. The monoisotopic (exact) mass is 262 g/mol. The first-order valence-corrected chi connectivity index (χ1v) is 5.66. The van der Waals surface area contributed by atoms with Gasteiger partial charge < -0.3 is 4.74 Å². The van der Waals surface area contributed by atoms with Crippen LogP contribution in [0.25, 0.3) is 0 Å². The average molecular weight is 264 g/mol. The van der Waals surface area contributed by atoms with E-state index in [1.165, 1.54) is 5.56 Å². The molecule has 72 valence electrons. The molecule has 1 rings (SSSR count). The molecular weight excluding hydrogens is 251 g/mol. The van der Waals surface area contributed by atoms with Gasteiger partial charge in [-0.15, -0.1) is 0 Å². The van der Waals surface area contributed by atoms with Crippen molar-refractivity contribution in [2.75, 3.05) is 12.4 Å². The van der Waals surface area contributed by atoms with E-state index < -0.39 is 0 Å². The predicted molar refractivity (Wildman–Crippen MR) is 60.1 cm³/mol. The Morgan fingerprint density at radius 3 is 2.85 bits per heavy atom. The third kappa shape index (κ3) is 3.20. The van der Waals surface area contributed by atoms with Gasteiger partial charge in [-0.1, -0.05) is 27.5 Å². The average Bonchev–Trinajstić information content (AvgIpc) is 2.15. The summed E-state index contributed by atoms with van der Waals surface area (Å²) in [5, 5.41) is 1.77. The van der Waals surface area contributed by atoms with Crippen LogP contribution in [0.5, 0.6) is 5.75 Å². The summed E-state index contributed by atoms with van der Waals surface area (Å²) in [7, 11) is 1.68. The number of aryl methyl sites for hydroxylation is 1. The fraction of sp³-hybridized carbons (Fsp3) is 0.400. The molecule has 0 saturated carbocycles. The van der Waals surface area contributed by atoms with E-state index in [-0.39, 0.29) is 0 Å². The number of hydrogen-bond acceptors (Lipinski definition) is 1. The highest BCUT2D eigenvalue weighted by Crippen LogP contribution is 2.23. The van der Waals surface area contributed by atoms with Gasteiger partial charge in [0.1, 0.15) is 5.75 Å². The predicted octanol–water partition coefficient (Wildman–Crippen LogP) is 3.68. The highest BCUT2D eigenvalue weighted by atomic mass is 79.9. The highest BCUT2D eigenvalue weighted by Gasteiger charge is 2.02. The Hall–Kier alpha value is -0.210. The molecule has 13 heavy (non-hydrogen) atoms. The molecule has 0 saturated heterocycles. The molecule has 0 fully saturated rings. The molecule has 0 unspecified atom stereocenters. The van der Waals surface area contributed by atoms with E-state index in [0.717, 1.165) is 28.9 Å². The highest BCUT2D eigenvalue weighted by molar-refractivity contribution is 9.09. The molecular formula is C10H12BrClO. The van der Waals surface area contributed by atoms with E-state index in [9.17, 15) is 0 Å². The minimum atomic E-state index is 0.769. The van der Waals surface area contributed by atoms with Gasteiger partial charge in [-0.05, 0) is 36.6 Å². The van der Waals surface area contributed by atoms with Gasteiger partial charge >= 0.3 is 0 Å². The molecule has 1 aromatic carbocycles. The molecule has 1 nitrogen and oxygen atoms in total. The van der Waals surface area contributed by atoms with Crippen molar-refractivity contribution in [2.24, 2.45) is 0 Å². The smallest absolute Gasteiger partial charge is 0.122 e. The van der Waals surface area contributed by atoms with Crippen LogP contribution in [0.15, 0.2) is 18.2 Å². The van der Waals surface area contributed by atoms with Crippen molar-refractivity contribution < 1.29 is 4.74 Å². The number of halogens is 2. The zero-order valence-electron chi connectivity index (χ0n) is 7.52. The number of methoxy groups -OCH3 is 1. The van der Waals surface area contributed by atoms with Gasteiger partial charge in [0.05, 0.1) is 7.11 Å². The van der Waals surface area contributed by atoms with Gasteiger partial charge in [-0.3, -0.25) is 0 Å². The van der Waals surface area contributed by atoms with Crippen LogP contribution in [0.1, 0.15) is 12.0 Å². The Morgan fingerprint density at radius 1 is 1.46 bits per heavy atom. The van der Waals surface area contributed by atoms with Gasteiger partial charge in [-0.25, -0.2) is 0 Å². The summed E-state index contributed by atoms with van der Waals surface area (Å²) in [5.41, 5.74) is 1.18. The lowest BCUT2D eigenvalue weighted by Crippen LogP contribution is -1.92. The molecule has 0 atom stereocenters. The minimum absolute atomic E-state index is 0.769. The molecule has 0 radical (unpaired) electrons. The summed E-state index contributed by atoms with van der Waals surface area (Å²) in [6, 6.07) is 5.72. The van der Waals surface area contributed by atoms with Crippen LogP contribution < -0.4 is 4.74 Å². The zero-order chi connectivity index (χ0) is 9.68. The maximum absolute atomic E-state index is 5.89. The molecule has 0 spiro atoms. The van der Waals surface area contributed by atoms with Crippen molar-refractivity contribution in [3.05, 3.63) is 28.8 Å². The fourth-order valence-electron chi connectivity index (χ4n) is 1.20. The molecule has 3 heteroatoms. The molecule has 0 aliphatic heterocycles. The lowest BCUT2D eigenvalue weighted by molar-refractivity contribution is 0.409. The first kappa shape index (κ1) is 10.9. The van der Waals surface area contributed by atoms with Crippen molar-refractivity contribution >= 4 is 27.5 Å². The number of hydrogen-bond donors (Lipinski definition) is 0.